The number of hydrogen-bond donors (Lipinski definition) is 0. The second-order valence-corrected chi connectivity index (χ2v) is 73.7. The van der Waals surface area contributed by atoms with Gasteiger partial charge in [0, 0.05) is 32.9 Å². The number of aromatic hydroxyl groups is 3. The van der Waals surface area contributed by atoms with Gasteiger partial charge in [0.1, 0.15) is 0 Å². The number of rotatable bonds is 21. The van der Waals surface area contributed by atoms with Crippen molar-refractivity contribution in [1.82, 2.24) is 0 Å². The topological polar surface area (TPSA) is 48.1 Å². The fraction of sp³-hybridized carbons (Fsp3) is 0.484. The van der Waals surface area contributed by atoms with Crippen LogP contribution in [0.15, 0.2) is 220 Å². The van der Waals surface area contributed by atoms with E-state index in [2.05, 4.69) is 221 Å². The van der Waals surface area contributed by atoms with Crippen molar-refractivity contribution in [2.45, 2.75) is 382 Å². The molecule has 6 saturated carbocycles. The Hall–Kier alpha value is -2.28. The van der Waals surface area contributed by atoms with E-state index in [4.69, 9.17) is 77.5 Å². The maximum absolute atomic E-state index is 6.19. The summed E-state index contributed by atoms with van der Waals surface area (Å²) in [6.07, 6.45) is 52.8. The first kappa shape index (κ1) is 125. The number of ether oxygens (including phenoxy) is 3. The van der Waals surface area contributed by atoms with Crippen LogP contribution < -0.4 is 14.7 Å². The van der Waals surface area contributed by atoms with Crippen LogP contribution in [0, 0.1) is 45.3 Å². The van der Waals surface area contributed by atoms with E-state index in [1.807, 2.05) is 176 Å². The SMILES string of the molecule is C1CCC([PH+](C2CCCCC2)C2CCCCC2)CC1.C1CCC([PH+](C2CCCCC2)C2CCCCC2)CC1.CC(C)[OH+]c1ccccc1[CH]=[Ru]([Cl])[Cl].CC(C)[OH+]c1ccccc1[CH]=[Ru]([Cl])[Cl].CC(C)[OH+]c1ccccc1[CH]=[Ru]([Cl])[Cl].CC1=C(C)N(c2c(C)cc(C)cc2C)[CH-]S1.CC1=C(C)N(c2ccccc2C)[CH-]S1.CCc1cccc(CC)c1N1[CH-]SC(C)=C1C.[Cl][Ru]([Cl])=[C]1C=C(c2ccccc2)c2ccccc21. The van der Waals surface area contributed by atoms with Crippen molar-refractivity contribution in [3.63, 3.8) is 0 Å². The van der Waals surface area contributed by atoms with Gasteiger partial charge in [0.2, 0.25) is 0 Å². The van der Waals surface area contributed by atoms with Gasteiger partial charge in [-0.3, -0.25) is 35.3 Å². The third kappa shape index (κ3) is 40.4. The van der Waals surface area contributed by atoms with Gasteiger partial charge in [0.05, 0.1) is 34.0 Å². The molecular formula is C122H169Cl8N3O3P2Ru4S3+2. The van der Waals surface area contributed by atoms with Gasteiger partial charge in [-0.05, 0) is 302 Å². The Kier molecular flexibility index (Phi) is 57.5. The maximum atomic E-state index is 6.19. The average Bonchev–Trinajstić information content (AvgIpc) is 1.64. The number of thioether (sulfide) groups is 3. The second-order valence-electron chi connectivity index (χ2n) is 40.6. The molecule has 0 amide bonds. The van der Waals surface area contributed by atoms with E-state index in [-0.39, 0.29) is 34.2 Å². The second kappa shape index (κ2) is 67.0. The van der Waals surface area contributed by atoms with Crippen LogP contribution in [0.5, 0.6) is 17.2 Å². The van der Waals surface area contributed by atoms with E-state index in [1.54, 1.807) is 204 Å². The van der Waals surface area contributed by atoms with Crippen molar-refractivity contribution < 1.29 is 68.3 Å². The molecule has 0 saturated heterocycles. The number of anilines is 3. The van der Waals surface area contributed by atoms with Crippen molar-refractivity contribution in [3.05, 3.63) is 304 Å². The molecule has 3 aliphatic heterocycles. The van der Waals surface area contributed by atoms with Gasteiger partial charge in [-0.2, -0.15) is 17.6 Å². The van der Waals surface area contributed by atoms with Gasteiger partial charge in [-0.1, -0.05) is 106 Å². The molecule has 3 heterocycles. The number of nitrogens with zero attached hydrogens (tertiary/aromatic N) is 3. The van der Waals surface area contributed by atoms with E-state index in [9.17, 15) is 0 Å². The van der Waals surface area contributed by atoms with Gasteiger partial charge < -0.3 is 14.7 Å². The number of hydrogen-bond acceptors (Lipinski definition) is 6. The Balaban J connectivity index is 0.000000168. The van der Waals surface area contributed by atoms with Crippen LogP contribution in [0.1, 0.15) is 356 Å². The minimum absolute atomic E-state index is 0.0465. The third-order valence-corrected chi connectivity index (χ3v) is 49.7. The molecule has 0 spiro atoms. The molecule has 6 fully saturated rings. The number of fused-ring (bicyclic) bond motifs is 1. The molecular weight excluding hydrogens is 2400 g/mol. The van der Waals surface area contributed by atoms with Crippen LogP contribution in [0.25, 0.3) is 5.57 Å². The zero-order chi connectivity index (χ0) is 104. The number of halogens is 8. The number of aliphatic hydroxyl groups is 3. The Morgan fingerprint density at radius 1 is 0.338 bits per heavy atom. The average molecular weight is 2570 g/mol. The Bertz CT molecular complexity index is 5240. The standard InChI is InChI=1S/2C18H33P.C15H20NS.C15H10.C14H18NS.C12H14NS.3C10H12O.8ClH.4Ru/c2*1-4-10-16(11-5-1)19(17-12-6-2-7-13-17)18-14-8-3-9-15-18;1-5-13-8-7-9-14(6-2)15(13)16-10-17-12(4)11(16)3;1-2-6-12(7-3-1)15-11-10-13-8-4-5-9-14(13)15;1-9-6-10(2)14(11(3)7-9)15-8-16-13(5)12(15)4;1-9-6-4-5-7-12(9)13-8-14-11(3)10(13)2;3*1-8(2)11-10-7-5-4-6-9(10)3;;;;;;;;;;;;/h2*16-18H,1-15H2;7-10H,5-6H2,1-4H3;1-9,11H;6-8H,1-5H3;4-8H,1-3H3;3*3-8H,1-2H3;8*1H;;;;/q;;-1;;2*-1;;;;;;;;;;;;4*+2/p-3. The van der Waals surface area contributed by atoms with Crippen LogP contribution in [-0.2, 0) is 66.9 Å². The summed E-state index contributed by atoms with van der Waals surface area (Å²) in [4.78, 5) is 11.1. The summed E-state index contributed by atoms with van der Waals surface area (Å²) in [5.74, 6) is 9.54. The first-order chi connectivity index (χ1) is 69.8. The van der Waals surface area contributed by atoms with Crippen molar-refractivity contribution >= 4 is 169 Å². The van der Waals surface area contributed by atoms with Crippen molar-refractivity contribution in [3.8, 4) is 17.2 Å². The molecule has 0 aromatic heterocycles. The van der Waals surface area contributed by atoms with E-state index >= 15 is 0 Å². The fourth-order valence-corrected chi connectivity index (χ4v) is 42.7. The summed E-state index contributed by atoms with van der Waals surface area (Å²) >= 11 is -1.70. The first-order valence-corrected chi connectivity index (χ1v) is 81.2. The summed E-state index contributed by atoms with van der Waals surface area (Å²) in [6, 6.07) is 62.1. The summed E-state index contributed by atoms with van der Waals surface area (Å²) in [5.41, 5.74) is 31.7. The molecule has 3 N–H and O–H groups in total. The molecule has 0 radical (unpaired) electrons. The molecule has 0 unspecified atom stereocenters. The van der Waals surface area contributed by atoms with Crippen LogP contribution in [0.3, 0.4) is 0 Å². The zero-order valence-corrected chi connectivity index (χ0v) is 107. The Morgan fingerprint density at radius 2 is 0.634 bits per heavy atom. The summed E-state index contributed by atoms with van der Waals surface area (Å²) in [7, 11) is 47.3. The van der Waals surface area contributed by atoms with Gasteiger partial charge in [-0.15, -0.1) is 0 Å². The van der Waals surface area contributed by atoms with Gasteiger partial charge in [-0.25, -0.2) is 0 Å². The summed E-state index contributed by atoms with van der Waals surface area (Å²) < 4.78 is 20.4. The van der Waals surface area contributed by atoms with E-state index < -0.39 is 54.1 Å². The summed E-state index contributed by atoms with van der Waals surface area (Å²) in [6.45, 7) is 38.5. The molecule has 23 heteroatoms. The van der Waals surface area contributed by atoms with Crippen LogP contribution in [0.4, 0.5) is 17.1 Å². The van der Waals surface area contributed by atoms with Gasteiger partial charge in [0.25, 0.3) is 0 Å². The number of allylic oxidation sites excluding steroid dienone is 7. The third-order valence-electron chi connectivity index (χ3n) is 29.1. The van der Waals surface area contributed by atoms with Crippen LogP contribution >= 0.6 is 129 Å². The molecule has 0 bridgehead atoms. The quantitative estimate of drug-likeness (QED) is 0.0309. The Labute approximate surface area is 945 Å². The summed E-state index contributed by atoms with van der Waals surface area (Å²) in [5, 5.41) is 0. The van der Waals surface area contributed by atoms with Crippen molar-refractivity contribution in [2.75, 3.05) is 14.7 Å². The first-order valence-electron chi connectivity index (χ1n) is 53.3. The molecule has 804 valence electrons. The number of benzene rings is 8. The molecule has 10 aliphatic rings. The molecule has 145 heavy (non-hydrogen) atoms. The van der Waals surface area contributed by atoms with Crippen LogP contribution in [-0.4, -0.2) is 84.4 Å². The molecule has 8 aromatic carbocycles. The van der Waals surface area contributed by atoms with E-state index in [0.29, 0.717) is 0 Å². The van der Waals surface area contributed by atoms with E-state index in [1.165, 1.54) is 138 Å². The zero-order valence-electron chi connectivity index (χ0n) is 89.5. The van der Waals surface area contributed by atoms with Gasteiger partial charge in [0.15, 0.2) is 0 Å². The molecule has 6 nitrogen and oxygen atoms in total. The molecule has 8 aromatic rings. The predicted octanol–water partition coefficient (Wildman–Crippen LogP) is 40.4. The fourth-order valence-electron chi connectivity index (χ4n) is 21.9. The minimum atomic E-state index is -1.88. The monoisotopic (exact) mass is 2570 g/mol. The predicted molar refractivity (Wildman–Crippen MR) is 649 cm³/mol. The van der Waals surface area contributed by atoms with Gasteiger partial charge >= 0.3 is 413 Å². The number of aryl methyl sites for hydroxylation is 6. The molecule has 0 atom stereocenters. The number of para-hydroxylation sites is 5. The van der Waals surface area contributed by atoms with Crippen molar-refractivity contribution in [2.24, 2.45) is 0 Å². The van der Waals surface area contributed by atoms with E-state index in [0.717, 1.165) is 50.9 Å². The van der Waals surface area contributed by atoms with Crippen molar-refractivity contribution in [1.29, 1.82) is 0 Å². The Morgan fingerprint density at radius 3 is 0.938 bits per heavy atom. The van der Waals surface area contributed by atoms with Crippen LogP contribution in [0.2, 0.25) is 0 Å². The molecule has 7 aliphatic carbocycles. The normalized spacial score (nSPS) is 17.9. The molecule has 18 rings (SSSR count).